The van der Waals surface area contributed by atoms with Gasteiger partial charge in [0.1, 0.15) is 5.82 Å². The Morgan fingerprint density at radius 1 is 1.04 bits per heavy atom. The fraction of sp³-hybridized carbons (Fsp3) is 0.381. The minimum Gasteiger partial charge on any atom is -0.351 e. The molecule has 1 aromatic carbocycles. The molecule has 140 valence electrons. The van der Waals surface area contributed by atoms with E-state index in [9.17, 15) is 0 Å². The van der Waals surface area contributed by atoms with E-state index in [2.05, 4.69) is 37.3 Å². The summed E-state index contributed by atoms with van der Waals surface area (Å²) in [5.74, 6) is 1.69. The summed E-state index contributed by atoms with van der Waals surface area (Å²) in [5, 5.41) is 3.50. The van der Waals surface area contributed by atoms with E-state index < -0.39 is 0 Å². The third-order valence-corrected chi connectivity index (χ3v) is 4.97. The van der Waals surface area contributed by atoms with Crippen LogP contribution in [0.4, 0.5) is 5.95 Å². The zero-order valence-corrected chi connectivity index (χ0v) is 15.9. The van der Waals surface area contributed by atoms with Crippen LogP contribution in [-0.2, 0) is 6.54 Å². The fourth-order valence-electron chi connectivity index (χ4n) is 3.62. The molecule has 1 aliphatic heterocycles. The number of rotatable bonds is 5. The molecule has 3 heterocycles. The van der Waals surface area contributed by atoms with Gasteiger partial charge in [0, 0.05) is 48.8 Å². The van der Waals surface area contributed by atoms with Crippen LogP contribution in [0.25, 0.3) is 11.4 Å². The van der Waals surface area contributed by atoms with E-state index in [0.717, 1.165) is 66.9 Å². The molecule has 2 aromatic heterocycles. The predicted octanol–water partition coefficient (Wildman–Crippen LogP) is 3.56. The van der Waals surface area contributed by atoms with Crippen molar-refractivity contribution in [3.63, 3.8) is 0 Å². The van der Waals surface area contributed by atoms with Crippen molar-refractivity contribution in [1.29, 1.82) is 0 Å². The maximum absolute atomic E-state index is 4.75. The van der Waals surface area contributed by atoms with E-state index in [1.807, 2.05) is 44.3 Å². The van der Waals surface area contributed by atoms with E-state index in [1.165, 1.54) is 0 Å². The molecule has 0 atom stereocenters. The van der Waals surface area contributed by atoms with Crippen LogP contribution >= 0.6 is 0 Å². The van der Waals surface area contributed by atoms with Gasteiger partial charge in [-0.15, -0.1) is 0 Å². The summed E-state index contributed by atoms with van der Waals surface area (Å²) >= 11 is 0. The summed E-state index contributed by atoms with van der Waals surface area (Å²) in [6.45, 7) is 7.01. The summed E-state index contributed by atoms with van der Waals surface area (Å²) in [6, 6.07) is 12.7. The van der Waals surface area contributed by atoms with Gasteiger partial charge >= 0.3 is 0 Å². The number of hydrogen-bond acceptors (Lipinski definition) is 5. The Morgan fingerprint density at radius 3 is 2.44 bits per heavy atom. The Morgan fingerprint density at radius 2 is 1.74 bits per heavy atom. The Kier molecular flexibility index (Phi) is 5.16. The van der Waals surface area contributed by atoms with Crippen molar-refractivity contribution in [3.05, 3.63) is 59.7 Å². The first-order valence-electron chi connectivity index (χ1n) is 9.56. The van der Waals surface area contributed by atoms with Crippen molar-refractivity contribution in [3.8, 4) is 11.4 Å². The highest BCUT2D eigenvalue weighted by molar-refractivity contribution is 5.54. The number of H-pyrrole nitrogens is 1. The van der Waals surface area contributed by atoms with Gasteiger partial charge in [-0.2, -0.15) is 0 Å². The number of hydrogen-bond donors (Lipinski definition) is 2. The average molecular weight is 362 g/mol. The van der Waals surface area contributed by atoms with Crippen LogP contribution in [0.5, 0.6) is 0 Å². The number of anilines is 1. The average Bonchev–Trinajstić information content (AvgIpc) is 3.12. The Balaban J connectivity index is 1.30. The minimum absolute atomic E-state index is 0.432. The summed E-state index contributed by atoms with van der Waals surface area (Å²) in [5.41, 5.74) is 4.24. The quantitative estimate of drug-likeness (QED) is 0.726. The number of nitrogens with zero attached hydrogens (tertiary/aromatic N) is 4. The number of likely N-dealkylation sites (tertiary alicyclic amines) is 1. The maximum atomic E-state index is 4.75. The molecule has 0 saturated carbocycles. The first-order valence-corrected chi connectivity index (χ1v) is 9.56. The van der Waals surface area contributed by atoms with Gasteiger partial charge in [0.05, 0.1) is 5.69 Å². The predicted molar refractivity (Wildman–Crippen MR) is 107 cm³/mol. The van der Waals surface area contributed by atoms with Gasteiger partial charge in [-0.25, -0.2) is 15.0 Å². The molecule has 3 aromatic rings. The Bertz CT molecular complexity index is 860. The van der Waals surface area contributed by atoms with Crippen LogP contribution in [0, 0.1) is 13.8 Å². The van der Waals surface area contributed by atoms with E-state index in [1.54, 1.807) is 0 Å². The molecular formula is C21H26N6. The summed E-state index contributed by atoms with van der Waals surface area (Å²) in [4.78, 5) is 19.5. The van der Waals surface area contributed by atoms with Crippen molar-refractivity contribution in [2.24, 2.45) is 0 Å². The maximum Gasteiger partial charge on any atom is 0.223 e. The monoisotopic (exact) mass is 362 g/mol. The van der Waals surface area contributed by atoms with Crippen LogP contribution in [0.15, 0.2) is 42.6 Å². The number of piperidine rings is 1. The van der Waals surface area contributed by atoms with Gasteiger partial charge in [0.2, 0.25) is 5.95 Å². The number of benzene rings is 1. The number of nitrogens with one attached hydrogen (secondary N) is 2. The fourth-order valence-corrected chi connectivity index (χ4v) is 3.62. The van der Waals surface area contributed by atoms with Crippen LogP contribution < -0.4 is 5.32 Å². The van der Waals surface area contributed by atoms with E-state index in [0.29, 0.717) is 6.04 Å². The van der Waals surface area contributed by atoms with Crippen LogP contribution in [0.2, 0.25) is 0 Å². The molecule has 2 N–H and O–H groups in total. The van der Waals surface area contributed by atoms with Gasteiger partial charge in [0.25, 0.3) is 0 Å². The molecule has 4 rings (SSSR count). The lowest BCUT2D eigenvalue weighted by molar-refractivity contribution is 0.209. The van der Waals surface area contributed by atoms with Crippen molar-refractivity contribution >= 4 is 5.95 Å². The van der Waals surface area contributed by atoms with Crippen molar-refractivity contribution in [1.82, 2.24) is 24.8 Å². The molecule has 1 aliphatic rings. The van der Waals surface area contributed by atoms with Gasteiger partial charge < -0.3 is 10.3 Å². The van der Waals surface area contributed by atoms with Crippen LogP contribution in [0.1, 0.15) is 29.9 Å². The minimum atomic E-state index is 0.432. The van der Waals surface area contributed by atoms with Crippen molar-refractivity contribution in [2.75, 3.05) is 18.4 Å². The third kappa shape index (κ3) is 4.52. The van der Waals surface area contributed by atoms with Gasteiger partial charge in [-0.3, -0.25) is 4.90 Å². The number of aromatic nitrogens is 4. The second kappa shape index (κ2) is 7.88. The zero-order valence-electron chi connectivity index (χ0n) is 15.9. The molecule has 0 unspecified atom stereocenters. The van der Waals surface area contributed by atoms with E-state index in [-0.39, 0.29) is 0 Å². The third-order valence-electron chi connectivity index (χ3n) is 4.97. The van der Waals surface area contributed by atoms with E-state index in [4.69, 9.17) is 4.98 Å². The lowest BCUT2D eigenvalue weighted by Crippen LogP contribution is -2.39. The molecule has 0 radical (unpaired) electrons. The summed E-state index contributed by atoms with van der Waals surface area (Å²) in [7, 11) is 0. The normalized spacial score (nSPS) is 15.8. The number of aryl methyl sites for hydroxylation is 2. The molecule has 6 nitrogen and oxygen atoms in total. The summed E-state index contributed by atoms with van der Waals surface area (Å²) < 4.78 is 0. The highest BCUT2D eigenvalue weighted by Crippen LogP contribution is 2.19. The second-order valence-electron chi connectivity index (χ2n) is 7.28. The second-order valence-corrected chi connectivity index (χ2v) is 7.28. The highest BCUT2D eigenvalue weighted by Gasteiger charge is 2.20. The molecular weight excluding hydrogens is 336 g/mol. The Hall–Kier alpha value is -2.73. The molecule has 6 heteroatoms. The molecule has 27 heavy (non-hydrogen) atoms. The van der Waals surface area contributed by atoms with Gasteiger partial charge in [-0.05, 0) is 32.8 Å². The van der Waals surface area contributed by atoms with Crippen LogP contribution in [0.3, 0.4) is 0 Å². The SMILES string of the molecule is Cc1cc(C)nc(NC2CCN(Cc3c[nH]c(-c4ccccc4)n3)CC2)n1. The topological polar surface area (TPSA) is 69.7 Å². The first kappa shape index (κ1) is 17.7. The summed E-state index contributed by atoms with van der Waals surface area (Å²) in [6.07, 6.45) is 4.20. The van der Waals surface area contributed by atoms with Crippen molar-refractivity contribution in [2.45, 2.75) is 39.3 Å². The number of aromatic amines is 1. The zero-order chi connectivity index (χ0) is 18.6. The standard InChI is InChI=1S/C21H26N6/c1-15-12-16(2)24-21(23-15)26-18-8-10-27(11-9-18)14-19-13-22-20(25-19)17-6-4-3-5-7-17/h3-7,12-13,18H,8-11,14H2,1-2H3,(H,22,25)(H,23,24,26). The van der Waals surface area contributed by atoms with Crippen molar-refractivity contribution < 1.29 is 0 Å². The molecule has 1 saturated heterocycles. The molecule has 0 aliphatic carbocycles. The Labute approximate surface area is 160 Å². The van der Waals surface area contributed by atoms with E-state index >= 15 is 0 Å². The first-order chi connectivity index (χ1) is 13.2. The van der Waals surface area contributed by atoms with Crippen LogP contribution in [-0.4, -0.2) is 44.0 Å². The molecule has 1 fully saturated rings. The van der Waals surface area contributed by atoms with Gasteiger partial charge in [-0.1, -0.05) is 30.3 Å². The van der Waals surface area contributed by atoms with Gasteiger partial charge in [0.15, 0.2) is 0 Å². The lowest BCUT2D eigenvalue weighted by atomic mass is 10.1. The smallest absolute Gasteiger partial charge is 0.223 e. The molecule has 0 spiro atoms. The lowest BCUT2D eigenvalue weighted by Gasteiger charge is -2.31. The highest BCUT2D eigenvalue weighted by atomic mass is 15.2. The number of imidazole rings is 1. The molecule has 0 amide bonds. The largest absolute Gasteiger partial charge is 0.351 e. The molecule has 0 bridgehead atoms.